The molecular formula is C26H23Cl2SiZr. The van der Waals surface area contributed by atoms with Crippen LogP contribution in [0.1, 0.15) is 35.1 Å². The van der Waals surface area contributed by atoms with E-state index in [1.54, 1.807) is 0 Å². The van der Waals surface area contributed by atoms with Crippen molar-refractivity contribution in [3.05, 3.63) is 98.5 Å². The van der Waals surface area contributed by atoms with Gasteiger partial charge in [0.1, 0.15) is 0 Å². The third kappa shape index (κ3) is 2.99. The van der Waals surface area contributed by atoms with Crippen LogP contribution in [-0.2, 0) is 19.4 Å². The predicted octanol–water partition coefficient (Wildman–Crippen LogP) is 7.22. The molecule has 0 aliphatic heterocycles. The molecule has 30 heavy (non-hydrogen) atoms. The van der Waals surface area contributed by atoms with E-state index in [1.165, 1.54) is 57.8 Å². The molecule has 0 nitrogen and oxygen atoms in total. The Kier molecular flexibility index (Phi) is 5.43. The molecule has 0 heterocycles. The minimum absolute atomic E-state index is 0.239. The van der Waals surface area contributed by atoms with E-state index in [0.29, 0.717) is 0 Å². The molecule has 3 aromatic rings. The first kappa shape index (κ1) is 20.8. The summed E-state index contributed by atoms with van der Waals surface area (Å²) in [5.41, 5.74) is 11.1. The molecule has 2 aliphatic rings. The second-order valence-corrected chi connectivity index (χ2v) is 19.1. The van der Waals surface area contributed by atoms with Crippen molar-refractivity contribution in [2.24, 2.45) is 0 Å². The van der Waals surface area contributed by atoms with Crippen LogP contribution < -0.4 is 5.22 Å². The average Bonchev–Trinajstić information content (AvgIpc) is 3.20. The van der Waals surface area contributed by atoms with Gasteiger partial charge in [-0.25, -0.2) is 0 Å². The molecule has 0 saturated carbocycles. The zero-order valence-electron chi connectivity index (χ0n) is 17.6. The summed E-state index contributed by atoms with van der Waals surface area (Å²) in [6.07, 6.45) is 0. The molecule has 4 heteroatoms. The third-order valence-electron chi connectivity index (χ3n) is 6.63. The van der Waals surface area contributed by atoms with Gasteiger partial charge >= 0.3 is 196 Å². The fourth-order valence-electron chi connectivity index (χ4n) is 5.40. The number of hydrogen-bond donors (Lipinski definition) is 0. The first-order valence-corrected chi connectivity index (χ1v) is 20.4. The van der Waals surface area contributed by atoms with Crippen LogP contribution in [0.3, 0.4) is 0 Å². The van der Waals surface area contributed by atoms with Gasteiger partial charge in [-0.15, -0.1) is 0 Å². The predicted molar refractivity (Wildman–Crippen MR) is 129 cm³/mol. The zero-order valence-corrected chi connectivity index (χ0v) is 22.6. The molecule has 0 radical (unpaired) electrons. The molecule has 149 valence electrons. The topological polar surface area (TPSA) is 0 Å². The molecule has 0 atom stereocenters. The summed E-state index contributed by atoms with van der Waals surface area (Å²) in [7, 11) is 12.9. The Morgan fingerprint density at radius 3 is 1.90 bits per heavy atom. The average molecular weight is 526 g/mol. The molecule has 0 N–H and O–H groups in total. The number of hydrogen-bond acceptors (Lipinski definition) is 0. The maximum absolute atomic E-state index is 6.73. The molecule has 0 aromatic heterocycles. The fraction of sp³-hybridized carbons (Fsp3) is 0.192. The van der Waals surface area contributed by atoms with E-state index in [0.717, 1.165) is 0 Å². The Morgan fingerprint density at radius 1 is 0.800 bits per heavy atom. The maximum atomic E-state index is 6.73. The third-order valence-corrected chi connectivity index (χ3v) is 13.0. The van der Waals surface area contributed by atoms with Crippen molar-refractivity contribution in [2.75, 3.05) is 0 Å². The normalized spacial score (nSPS) is 14.7. The molecule has 0 fully saturated rings. The van der Waals surface area contributed by atoms with Gasteiger partial charge in [-0.1, -0.05) is 0 Å². The molecule has 0 amide bonds. The van der Waals surface area contributed by atoms with Crippen LogP contribution in [-0.4, -0.2) is 8.41 Å². The first-order valence-electron chi connectivity index (χ1n) is 10.3. The van der Waals surface area contributed by atoms with Crippen LogP contribution >= 0.6 is 17.0 Å². The van der Waals surface area contributed by atoms with Crippen molar-refractivity contribution in [3.8, 4) is 11.1 Å². The summed E-state index contributed by atoms with van der Waals surface area (Å²) in [6, 6.07) is 22.4. The fourth-order valence-corrected chi connectivity index (χ4v) is 11.6. The minimum atomic E-state index is -2.64. The van der Waals surface area contributed by atoms with Crippen molar-refractivity contribution >= 4 is 34.3 Å². The monoisotopic (exact) mass is 523 g/mol. The summed E-state index contributed by atoms with van der Waals surface area (Å²) < 4.78 is 1.27. The van der Waals surface area contributed by atoms with Gasteiger partial charge in [0, 0.05) is 0 Å². The number of fused-ring (bicyclic) bond motifs is 4. The van der Waals surface area contributed by atoms with Gasteiger partial charge in [-0.3, -0.25) is 0 Å². The molecule has 0 bridgehead atoms. The van der Waals surface area contributed by atoms with Crippen LogP contribution in [0.25, 0.3) is 20.0 Å². The van der Waals surface area contributed by atoms with Gasteiger partial charge in [-0.05, 0) is 0 Å². The van der Waals surface area contributed by atoms with Crippen LogP contribution in [0.4, 0.5) is 0 Å². The zero-order chi connectivity index (χ0) is 21.2. The van der Waals surface area contributed by atoms with E-state index in [-0.39, 0.29) is 5.92 Å². The summed E-state index contributed by atoms with van der Waals surface area (Å²) in [6.45, 7) is 9.31. The van der Waals surface area contributed by atoms with Gasteiger partial charge < -0.3 is 0 Å². The van der Waals surface area contributed by atoms with E-state index >= 15 is 0 Å². The molecular weight excluding hydrogens is 503 g/mol. The van der Waals surface area contributed by atoms with Gasteiger partial charge in [0.25, 0.3) is 0 Å². The van der Waals surface area contributed by atoms with Gasteiger partial charge in [-0.2, -0.15) is 0 Å². The van der Waals surface area contributed by atoms with E-state index in [4.69, 9.17) is 17.0 Å². The molecule has 0 saturated heterocycles. The van der Waals surface area contributed by atoms with Crippen molar-refractivity contribution in [2.45, 2.75) is 32.9 Å². The summed E-state index contributed by atoms with van der Waals surface area (Å²) >= 11 is -2.64. The Hall–Kier alpha value is -1.05. The van der Waals surface area contributed by atoms with Crippen LogP contribution in [0.2, 0.25) is 13.1 Å². The van der Waals surface area contributed by atoms with E-state index < -0.39 is 27.8 Å². The van der Waals surface area contributed by atoms with Crippen molar-refractivity contribution < 1.29 is 19.4 Å². The Bertz CT molecular complexity index is 1320. The quantitative estimate of drug-likeness (QED) is 0.310. The van der Waals surface area contributed by atoms with E-state index in [1.807, 2.05) is 0 Å². The van der Waals surface area contributed by atoms with Crippen molar-refractivity contribution in [1.29, 1.82) is 0 Å². The van der Waals surface area contributed by atoms with Gasteiger partial charge in [0.2, 0.25) is 0 Å². The first-order chi connectivity index (χ1) is 14.4. The number of rotatable bonds is 2. The molecule has 0 spiro atoms. The van der Waals surface area contributed by atoms with Crippen molar-refractivity contribution in [3.63, 3.8) is 0 Å². The summed E-state index contributed by atoms with van der Waals surface area (Å²) in [4.78, 5) is 1.51. The number of halogens is 2. The molecule has 3 aromatic carbocycles. The second-order valence-electron chi connectivity index (χ2n) is 8.44. The van der Waals surface area contributed by atoms with Crippen molar-refractivity contribution in [1.82, 2.24) is 0 Å². The van der Waals surface area contributed by atoms with Gasteiger partial charge in [0.05, 0.1) is 0 Å². The van der Waals surface area contributed by atoms with Crippen LogP contribution in [0.15, 0.2) is 66.2 Å². The Morgan fingerprint density at radius 2 is 1.37 bits per heavy atom. The Balaban J connectivity index is 1.90. The number of benzene rings is 3. The molecule has 0 unspecified atom stereocenters. The van der Waals surface area contributed by atoms with Crippen LogP contribution in [0, 0.1) is 11.7 Å². The standard InChI is InChI=1S/C26H23Si.2ClH.Zr/c1-16-15-18-13-14-23(27(3)4)17(2)25(18)24(16)26-21-11-7-5-9-19(21)20-10-6-8-12-22(20)26;;;/h5-14,26H,1-4H3;2*1H;/q;;;+2/p-2. The number of allylic oxidation sites excluding steroid dienone is 2. The SMILES string of the molecule is CC1=C(C2c3ccccc3-c3ccccc32)c2c(C)c(=[Si](C)C)ccc2=[C]1[Zr]([Cl])[Cl]. The molecule has 2 aliphatic carbocycles. The second kappa shape index (κ2) is 7.82. The Labute approximate surface area is 194 Å². The van der Waals surface area contributed by atoms with Crippen LogP contribution in [0.5, 0.6) is 0 Å². The van der Waals surface area contributed by atoms with E-state index in [9.17, 15) is 0 Å². The molecule has 5 rings (SSSR count). The van der Waals surface area contributed by atoms with Gasteiger partial charge in [0.15, 0.2) is 0 Å². The van der Waals surface area contributed by atoms with E-state index in [2.05, 4.69) is 87.6 Å². The summed E-state index contributed by atoms with van der Waals surface area (Å²) in [5, 5.41) is 1.30. The summed E-state index contributed by atoms with van der Waals surface area (Å²) in [5.74, 6) is 0.239.